The summed E-state index contributed by atoms with van der Waals surface area (Å²) in [7, 11) is 0. The van der Waals surface area contributed by atoms with Crippen molar-refractivity contribution in [1.82, 2.24) is 0 Å². The lowest BCUT2D eigenvalue weighted by Gasteiger charge is -2.39. The first kappa shape index (κ1) is 13.9. The van der Waals surface area contributed by atoms with E-state index >= 15 is 0 Å². The number of nitrogens with one attached hydrogen (secondary N) is 1. The van der Waals surface area contributed by atoms with Gasteiger partial charge in [0, 0.05) is 11.7 Å². The number of hydrogen-bond acceptors (Lipinski definition) is 1. The molecule has 0 aliphatic heterocycles. The Morgan fingerprint density at radius 2 is 1.45 bits per heavy atom. The van der Waals surface area contributed by atoms with Crippen molar-refractivity contribution in [3.63, 3.8) is 0 Å². The summed E-state index contributed by atoms with van der Waals surface area (Å²) in [6.07, 6.45) is 12.5. The zero-order valence-corrected chi connectivity index (χ0v) is 12.3. The first-order chi connectivity index (χ1) is 9.83. The largest absolute Gasteiger partial charge is 0.382 e. The van der Waals surface area contributed by atoms with Crippen LogP contribution in [-0.4, -0.2) is 6.04 Å². The summed E-state index contributed by atoms with van der Waals surface area (Å²) >= 11 is 0. The molecule has 1 aromatic carbocycles. The third kappa shape index (κ3) is 3.34. The lowest BCUT2D eigenvalue weighted by Crippen LogP contribution is -2.37. The molecule has 0 spiro atoms. The van der Waals surface area contributed by atoms with E-state index in [4.69, 9.17) is 0 Å². The molecule has 2 saturated carbocycles. The first-order valence-corrected chi connectivity index (χ1v) is 8.35. The minimum Gasteiger partial charge on any atom is -0.382 e. The molecule has 110 valence electrons. The van der Waals surface area contributed by atoms with Gasteiger partial charge in [-0.2, -0.15) is 0 Å². The van der Waals surface area contributed by atoms with E-state index in [1.807, 2.05) is 12.1 Å². The number of halogens is 1. The molecule has 2 aliphatic carbocycles. The Bertz CT molecular complexity index is 408. The van der Waals surface area contributed by atoms with Gasteiger partial charge in [0.25, 0.3) is 0 Å². The molecule has 0 amide bonds. The van der Waals surface area contributed by atoms with E-state index < -0.39 is 0 Å². The lowest BCUT2D eigenvalue weighted by molar-refractivity contribution is 0.180. The summed E-state index contributed by atoms with van der Waals surface area (Å²) in [4.78, 5) is 0. The quantitative estimate of drug-likeness (QED) is 0.781. The Hall–Kier alpha value is -1.05. The average molecular weight is 275 g/mol. The third-order valence-corrected chi connectivity index (χ3v) is 5.27. The summed E-state index contributed by atoms with van der Waals surface area (Å²) in [5, 5.41) is 3.69. The fourth-order valence-corrected chi connectivity index (χ4v) is 4.23. The molecule has 3 rings (SSSR count). The van der Waals surface area contributed by atoms with Crippen molar-refractivity contribution in [3.05, 3.63) is 30.1 Å². The second-order valence-corrected chi connectivity index (χ2v) is 6.60. The smallest absolute Gasteiger partial charge is 0.123 e. The van der Waals surface area contributed by atoms with Crippen molar-refractivity contribution in [2.45, 2.75) is 63.8 Å². The van der Waals surface area contributed by atoms with E-state index in [1.54, 1.807) is 12.1 Å². The van der Waals surface area contributed by atoms with Crippen LogP contribution in [0.5, 0.6) is 0 Å². The minimum atomic E-state index is -0.150. The van der Waals surface area contributed by atoms with Gasteiger partial charge in [-0.15, -0.1) is 0 Å². The van der Waals surface area contributed by atoms with Gasteiger partial charge in [-0.25, -0.2) is 4.39 Å². The van der Waals surface area contributed by atoms with E-state index in [2.05, 4.69) is 5.32 Å². The van der Waals surface area contributed by atoms with Crippen LogP contribution >= 0.6 is 0 Å². The Labute approximate surface area is 122 Å². The van der Waals surface area contributed by atoms with E-state index in [9.17, 15) is 4.39 Å². The minimum absolute atomic E-state index is 0.150. The Morgan fingerprint density at radius 3 is 2.20 bits per heavy atom. The topological polar surface area (TPSA) is 12.0 Å². The second-order valence-electron chi connectivity index (χ2n) is 6.60. The van der Waals surface area contributed by atoms with Crippen LogP contribution in [0.1, 0.15) is 57.8 Å². The predicted molar refractivity (Wildman–Crippen MR) is 82.3 cm³/mol. The van der Waals surface area contributed by atoms with Gasteiger partial charge in [-0.05, 0) is 48.9 Å². The van der Waals surface area contributed by atoms with Gasteiger partial charge >= 0.3 is 0 Å². The third-order valence-electron chi connectivity index (χ3n) is 5.27. The van der Waals surface area contributed by atoms with Crippen LogP contribution in [0.3, 0.4) is 0 Å². The maximum Gasteiger partial charge on any atom is 0.123 e. The highest BCUT2D eigenvalue weighted by Gasteiger charge is 2.32. The molecule has 2 unspecified atom stereocenters. The van der Waals surface area contributed by atoms with Crippen LogP contribution in [0, 0.1) is 17.7 Å². The molecule has 0 heterocycles. The Kier molecular flexibility index (Phi) is 4.59. The Morgan fingerprint density at radius 1 is 0.800 bits per heavy atom. The zero-order chi connectivity index (χ0) is 13.8. The number of rotatable bonds is 3. The van der Waals surface area contributed by atoms with Crippen molar-refractivity contribution >= 4 is 5.69 Å². The first-order valence-electron chi connectivity index (χ1n) is 8.35. The fourth-order valence-electron chi connectivity index (χ4n) is 4.23. The van der Waals surface area contributed by atoms with Gasteiger partial charge in [0.15, 0.2) is 0 Å². The van der Waals surface area contributed by atoms with E-state index in [-0.39, 0.29) is 5.82 Å². The van der Waals surface area contributed by atoms with Gasteiger partial charge in [0.1, 0.15) is 5.82 Å². The highest BCUT2D eigenvalue weighted by atomic mass is 19.1. The van der Waals surface area contributed by atoms with Crippen molar-refractivity contribution < 1.29 is 4.39 Å². The Balaban J connectivity index is 1.66. The van der Waals surface area contributed by atoms with Gasteiger partial charge < -0.3 is 5.32 Å². The van der Waals surface area contributed by atoms with Crippen molar-refractivity contribution in [3.8, 4) is 0 Å². The van der Waals surface area contributed by atoms with Crippen LogP contribution in [0.4, 0.5) is 10.1 Å². The van der Waals surface area contributed by atoms with E-state index in [0.717, 1.165) is 17.5 Å². The monoisotopic (exact) mass is 275 g/mol. The maximum atomic E-state index is 13.0. The number of hydrogen-bond donors (Lipinski definition) is 1. The molecule has 20 heavy (non-hydrogen) atoms. The van der Waals surface area contributed by atoms with Crippen LogP contribution in [-0.2, 0) is 0 Å². The molecule has 2 atom stereocenters. The maximum absolute atomic E-state index is 13.0. The zero-order valence-electron chi connectivity index (χ0n) is 12.3. The molecule has 1 N–H and O–H groups in total. The van der Waals surface area contributed by atoms with E-state index in [1.165, 1.54) is 57.8 Å². The van der Waals surface area contributed by atoms with Crippen LogP contribution in [0.15, 0.2) is 24.3 Å². The molecule has 1 nitrogen and oxygen atoms in total. The van der Waals surface area contributed by atoms with Crippen molar-refractivity contribution in [1.29, 1.82) is 0 Å². The van der Waals surface area contributed by atoms with Gasteiger partial charge in [-0.3, -0.25) is 0 Å². The van der Waals surface area contributed by atoms with Gasteiger partial charge in [0.05, 0.1) is 0 Å². The van der Waals surface area contributed by atoms with Gasteiger partial charge in [-0.1, -0.05) is 44.9 Å². The summed E-state index contributed by atoms with van der Waals surface area (Å²) in [6.45, 7) is 0. The molecule has 0 bridgehead atoms. The molecular formula is C18H26FN. The molecule has 2 aliphatic rings. The lowest BCUT2D eigenvalue weighted by atomic mass is 9.71. The molecule has 2 fully saturated rings. The highest BCUT2D eigenvalue weighted by Crippen LogP contribution is 2.39. The molecule has 0 radical (unpaired) electrons. The summed E-state index contributed by atoms with van der Waals surface area (Å²) in [5.74, 6) is 1.60. The van der Waals surface area contributed by atoms with Gasteiger partial charge in [0.2, 0.25) is 0 Å². The summed E-state index contributed by atoms with van der Waals surface area (Å²) < 4.78 is 13.0. The second kappa shape index (κ2) is 6.60. The van der Waals surface area contributed by atoms with E-state index in [0.29, 0.717) is 6.04 Å². The van der Waals surface area contributed by atoms with Crippen LogP contribution < -0.4 is 5.32 Å². The fraction of sp³-hybridized carbons (Fsp3) is 0.667. The van der Waals surface area contributed by atoms with Crippen molar-refractivity contribution in [2.24, 2.45) is 11.8 Å². The SMILES string of the molecule is Fc1ccc(NC2CCCCC2C2CCCCC2)cc1. The molecular weight excluding hydrogens is 249 g/mol. The molecule has 0 saturated heterocycles. The number of benzene rings is 1. The summed E-state index contributed by atoms with van der Waals surface area (Å²) in [5.41, 5.74) is 1.08. The normalized spacial score (nSPS) is 28.2. The molecule has 0 aromatic heterocycles. The average Bonchev–Trinajstić information content (AvgIpc) is 2.51. The molecule has 2 heteroatoms. The highest BCUT2D eigenvalue weighted by molar-refractivity contribution is 5.44. The number of anilines is 1. The predicted octanol–water partition coefficient (Wildman–Crippen LogP) is 5.38. The van der Waals surface area contributed by atoms with Crippen LogP contribution in [0.25, 0.3) is 0 Å². The standard InChI is InChI=1S/C18H26FN/c19-15-10-12-16(13-11-15)20-18-9-5-4-8-17(18)14-6-2-1-3-7-14/h10-14,17-18,20H,1-9H2. The summed E-state index contributed by atoms with van der Waals surface area (Å²) in [6, 6.07) is 7.46. The van der Waals surface area contributed by atoms with Crippen LogP contribution in [0.2, 0.25) is 0 Å². The molecule has 1 aromatic rings. The van der Waals surface area contributed by atoms with Crippen molar-refractivity contribution in [2.75, 3.05) is 5.32 Å².